The average molecular weight is 253 g/mol. The Bertz CT molecular complexity index is 485. The number of aromatic nitrogens is 2. The highest BCUT2D eigenvalue weighted by Crippen LogP contribution is 2.27. The highest BCUT2D eigenvalue weighted by molar-refractivity contribution is 7.99. The minimum atomic E-state index is -2.40. The fourth-order valence-electron chi connectivity index (χ4n) is 1.32. The molecule has 0 aliphatic heterocycles. The van der Waals surface area contributed by atoms with E-state index in [1.165, 1.54) is 0 Å². The van der Waals surface area contributed by atoms with Gasteiger partial charge in [0.05, 0.1) is 0 Å². The van der Waals surface area contributed by atoms with Crippen LogP contribution < -0.4 is 5.73 Å². The van der Waals surface area contributed by atoms with Gasteiger partial charge in [-0.1, -0.05) is 23.9 Å². The summed E-state index contributed by atoms with van der Waals surface area (Å²) in [6.07, 6.45) is 3.19. The number of halogens is 2. The molecule has 0 unspecified atom stereocenters. The Morgan fingerprint density at radius 3 is 2.12 bits per heavy atom. The number of thioether (sulfide) groups is 1. The van der Waals surface area contributed by atoms with Crippen LogP contribution in [0.5, 0.6) is 0 Å². The molecule has 17 heavy (non-hydrogen) atoms. The third kappa shape index (κ3) is 3.13. The highest BCUT2D eigenvalue weighted by Gasteiger charge is 2.05. The smallest absolute Gasteiger partial charge is 0.288 e. The fourth-order valence-corrected chi connectivity index (χ4v) is 1.81. The number of benzene rings is 1. The number of nitrogens with zero attached hydrogens (tertiary/aromatic N) is 2. The van der Waals surface area contributed by atoms with Gasteiger partial charge in [-0.3, -0.25) is 0 Å². The van der Waals surface area contributed by atoms with Gasteiger partial charge >= 0.3 is 0 Å². The first-order valence-corrected chi connectivity index (χ1v) is 5.66. The van der Waals surface area contributed by atoms with Gasteiger partial charge < -0.3 is 5.73 Å². The number of nitrogen functional groups attached to an aromatic ring is 1. The van der Waals surface area contributed by atoms with Crippen molar-refractivity contribution in [3.8, 4) is 11.1 Å². The molecule has 1 aromatic carbocycles. The first kappa shape index (κ1) is 11.8. The van der Waals surface area contributed by atoms with Crippen molar-refractivity contribution in [2.75, 3.05) is 5.73 Å². The van der Waals surface area contributed by atoms with E-state index in [4.69, 9.17) is 5.73 Å². The van der Waals surface area contributed by atoms with E-state index in [1.807, 2.05) is 0 Å². The molecule has 1 aromatic heterocycles. The summed E-state index contributed by atoms with van der Waals surface area (Å²) in [4.78, 5) is 8.26. The Kier molecular flexibility index (Phi) is 3.53. The molecule has 0 amide bonds. The van der Waals surface area contributed by atoms with Crippen molar-refractivity contribution in [1.82, 2.24) is 9.97 Å². The van der Waals surface area contributed by atoms with E-state index in [9.17, 15) is 8.78 Å². The predicted molar refractivity (Wildman–Crippen MR) is 63.7 cm³/mol. The summed E-state index contributed by atoms with van der Waals surface area (Å²) in [5.41, 5.74) is 7.04. The third-order valence-corrected chi connectivity index (χ3v) is 2.81. The Morgan fingerprint density at radius 2 is 1.59 bits per heavy atom. The summed E-state index contributed by atoms with van der Waals surface area (Å²) in [5.74, 6) is -2.20. The SMILES string of the molecule is Nc1ncc(-c2ccc(SC(F)F)cc2)cn1. The maximum absolute atomic E-state index is 12.1. The van der Waals surface area contributed by atoms with Gasteiger partial charge in [0, 0.05) is 22.9 Å². The van der Waals surface area contributed by atoms with Crippen LogP contribution in [0.2, 0.25) is 0 Å². The van der Waals surface area contributed by atoms with Crippen LogP contribution in [0.3, 0.4) is 0 Å². The van der Waals surface area contributed by atoms with Crippen molar-refractivity contribution < 1.29 is 8.78 Å². The van der Waals surface area contributed by atoms with Crippen LogP contribution in [0.4, 0.5) is 14.7 Å². The molecule has 1 heterocycles. The summed E-state index contributed by atoms with van der Waals surface area (Å²) in [6.45, 7) is 0. The van der Waals surface area contributed by atoms with Crippen LogP contribution in [0.1, 0.15) is 0 Å². The van der Waals surface area contributed by atoms with Crippen molar-refractivity contribution in [2.45, 2.75) is 10.7 Å². The zero-order valence-corrected chi connectivity index (χ0v) is 9.49. The van der Waals surface area contributed by atoms with Crippen LogP contribution in [0.25, 0.3) is 11.1 Å². The maximum atomic E-state index is 12.1. The normalized spacial score (nSPS) is 10.8. The van der Waals surface area contributed by atoms with Gasteiger partial charge in [0.2, 0.25) is 5.95 Å². The van der Waals surface area contributed by atoms with Crippen LogP contribution in [0.15, 0.2) is 41.6 Å². The minimum absolute atomic E-state index is 0.207. The van der Waals surface area contributed by atoms with E-state index in [0.29, 0.717) is 16.7 Å². The van der Waals surface area contributed by atoms with Crippen molar-refractivity contribution in [3.05, 3.63) is 36.7 Å². The summed E-state index contributed by atoms with van der Waals surface area (Å²) in [7, 11) is 0. The molecular weight excluding hydrogens is 244 g/mol. The predicted octanol–water partition coefficient (Wildman–Crippen LogP) is 3.04. The lowest BCUT2D eigenvalue weighted by Crippen LogP contribution is -1.93. The van der Waals surface area contributed by atoms with E-state index in [1.54, 1.807) is 36.7 Å². The van der Waals surface area contributed by atoms with Crippen molar-refractivity contribution in [3.63, 3.8) is 0 Å². The zero-order valence-electron chi connectivity index (χ0n) is 8.68. The highest BCUT2D eigenvalue weighted by atomic mass is 32.2. The molecule has 88 valence electrons. The molecule has 0 aliphatic carbocycles. The van der Waals surface area contributed by atoms with Gasteiger partial charge in [-0.2, -0.15) is 8.78 Å². The second-order valence-corrected chi connectivity index (χ2v) is 4.30. The van der Waals surface area contributed by atoms with E-state index < -0.39 is 5.76 Å². The van der Waals surface area contributed by atoms with Gasteiger partial charge in [0.25, 0.3) is 5.76 Å². The van der Waals surface area contributed by atoms with E-state index >= 15 is 0 Å². The van der Waals surface area contributed by atoms with Crippen LogP contribution in [-0.4, -0.2) is 15.7 Å². The number of nitrogens with two attached hydrogens (primary N) is 1. The second-order valence-electron chi connectivity index (χ2n) is 3.23. The van der Waals surface area contributed by atoms with Gasteiger partial charge in [0.1, 0.15) is 0 Å². The number of rotatable bonds is 3. The van der Waals surface area contributed by atoms with Crippen molar-refractivity contribution >= 4 is 17.7 Å². The van der Waals surface area contributed by atoms with Crippen molar-refractivity contribution in [1.29, 1.82) is 0 Å². The molecule has 6 heteroatoms. The molecule has 0 radical (unpaired) electrons. The van der Waals surface area contributed by atoms with Gasteiger partial charge in [-0.15, -0.1) is 0 Å². The lowest BCUT2D eigenvalue weighted by molar-refractivity contribution is 0.252. The molecule has 0 aliphatic rings. The lowest BCUT2D eigenvalue weighted by Gasteiger charge is -2.03. The first-order valence-electron chi connectivity index (χ1n) is 4.78. The van der Waals surface area contributed by atoms with Gasteiger partial charge in [-0.05, 0) is 17.7 Å². The molecule has 0 bridgehead atoms. The number of hydrogen-bond donors (Lipinski definition) is 1. The van der Waals surface area contributed by atoms with E-state index in [2.05, 4.69) is 9.97 Å². The van der Waals surface area contributed by atoms with E-state index in [-0.39, 0.29) is 5.95 Å². The number of alkyl halides is 2. The zero-order chi connectivity index (χ0) is 12.3. The quantitative estimate of drug-likeness (QED) is 0.854. The van der Waals surface area contributed by atoms with Gasteiger partial charge in [-0.25, -0.2) is 9.97 Å². The number of anilines is 1. The Morgan fingerprint density at radius 1 is 1.00 bits per heavy atom. The molecule has 2 N–H and O–H groups in total. The largest absolute Gasteiger partial charge is 0.368 e. The summed E-state index contributed by atoms with van der Waals surface area (Å²) in [5, 5.41) is 0. The molecular formula is C11H9F2N3S. The fraction of sp³-hybridized carbons (Fsp3) is 0.0909. The standard InChI is InChI=1S/C11H9F2N3S/c12-10(13)17-9-3-1-7(2-4-9)8-5-15-11(14)16-6-8/h1-6,10H,(H2,14,15,16). The molecule has 0 saturated heterocycles. The molecule has 2 aromatic rings. The monoisotopic (exact) mass is 253 g/mol. The molecule has 0 fully saturated rings. The minimum Gasteiger partial charge on any atom is -0.368 e. The van der Waals surface area contributed by atoms with E-state index in [0.717, 1.165) is 11.1 Å². The topological polar surface area (TPSA) is 51.8 Å². The number of hydrogen-bond acceptors (Lipinski definition) is 4. The van der Waals surface area contributed by atoms with Crippen LogP contribution in [0, 0.1) is 0 Å². The molecule has 3 nitrogen and oxygen atoms in total. The van der Waals surface area contributed by atoms with Crippen LogP contribution >= 0.6 is 11.8 Å². The molecule has 2 rings (SSSR count). The third-order valence-electron chi connectivity index (χ3n) is 2.08. The molecule has 0 spiro atoms. The average Bonchev–Trinajstić information content (AvgIpc) is 2.30. The summed E-state index contributed by atoms with van der Waals surface area (Å²) < 4.78 is 24.2. The van der Waals surface area contributed by atoms with Crippen LogP contribution in [-0.2, 0) is 0 Å². The van der Waals surface area contributed by atoms with Gasteiger partial charge in [0.15, 0.2) is 0 Å². The molecule has 0 atom stereocenters. The molecule has 0 saturated carbocycles. The first-order chi connectivity index (χ1) is 8.15. The lowest BCUT2D eigenvalue weighted by atomic mass is 10.1. The van der Waals surface area contributed by atoms with Crippen molar-refractivity contribution in [2.24, 2.45) is 0 Å². The maximum Gasteiger partial charge on any atom is 0.288 e. The Balaban J connectivity index is 2.20. The Hall–Kier alpha value is -1.69. The summed E-state index contributed by atoms with van der Waals surface area (Å²) in [6, 6.07) is 6.78. The summed E-state index contributed by atoms with van der Waals surface area (Å²) >= 11 is 0.520. The Labute approximate surface area is 101 Å². The second kappa shape index (κ2) is 5.09.